The molecular weight excluding hydrogens is 330 g/mol. The van der Waals surface area contributed by atoms with Crippen LogP contribution < -0.4 is 0 Å². The van der Waals surface area contributed by atoms with Gasteiger partial charge in [-0.25, -0.2) is 8.78 Å². The van der Waals surface area contributed by atoms with Crippen molar-refractivity contribution in [2.24, 2.45) is 0 Å². The average molecular weight is 330 g/mol. The minimum Gasteiger partial charge on any atom is -0.202 e. The Kier molecular flexibility index (Phi) is 2.33. The first-order valence-electron chi connectivity index (χ1n) is 3.07. The van der Waals surface area contributed by atoms with Crippen LogP contribution in [0.3, 0.4) is 0 Å². The van der Waals surface area contributed by atoms with Crippen molar-refractivity contribution in [2.45, 2.75) is 0 Å². The highest BCUT2D eigenvalue weighted by Gasteiger charge is 2.19. The minimum atomic E-state index is -0.952. The lowest BCUT2D eigenvalue weighted by atomic mass is 10.3. The molecule has 13 heavy (non-hydrogen) atoms. The maximum Gasteiger partial charge on any atom is 0.176 e. The van der Waals surface area contributed by atoms with Gasteiger partial charge in [0, 0.05) is 0 Å². The van der Waals surface area contributed by atoms with Crippen LogP contribution in [0.2, 0.25) is 0 Å². The molecule has 68 valence electrons. The second-order valence-corrected chi connectivity index (χ2v) is 4.55. The Morgan fingerprint density at radius 3 is 2.38 bits per heavy atom. The van der Waals surface area contributed by atoms with E-state index in [1.807, 2.05) is 0 Å². The topological polar surface area (TPSA) is 25.8 Å². The maximum absolute atomic E-state index is 13.1. The molecule has 0 aliphatic carbocycles. The lowest BCUT2D eigenvalue weighted by molar-refractivity contribution is 0.502. The summed E-state index contributed by atoms with van der Waals surface area (Å²) in [7, 11) is 0. The Bertz CT molecular complexity index is 443. The van der Waals surface area contributed by atoms with E-state index in [0.717, 1.165) is 11.5 Å². The normalized spacial score (nSPS) is 11.1. The van der Waals surface area contributed by atoms with Crippen LogP contribution in [0.5, 0.6) is 0 Å². The second-order valence-electron chi connectivity index (χ2n) is 2.21. The second kappa shape index (κ2) is 3.21. The highest BCUT2D eigenvalue weighted by molar-refractivity contribution is 9.11. The van der Waals surface area contributed by atoms with E-state index in [0.29, 0.717) is 10.2 Å². The van der Waals surface area contributed by atoms with Crippen LogP contribution in [0.25, 0.3) is 10.2 Å². The van der Waals surface area contributed by atoms with Gasteiger partial charge in [0.05, 0.1) is 13.6 Å². The molecule has 0 saturated carbocycles. The third kappa shape index (κ3) is 1.29. The van der Waals surface area contributed by atoms with E-state index >= 15 is 0 Å². The zero-order chi connectivity index (χ0) is 9.59. The number of benzene rings is 1. The fourth-order valence-corrected chi connectivity index (χ4v) is 2.64. The van der Waals surface area contributed by atoms with Gasteiger partial charge in [0.25, 0.3) is 0 Å². The molecule has 0 fully saturated rings. The molecule has 7 heteroatoms. The first-order valence-corrected chi connectivity index (χ1v) is 5.43. The van der Waals surface area contributed by atoms with E-state index in [9.17, 15) is 8.78 Å². The lowest BCUT2D eigenvalue weighted by Crippen LogP contribution is -1.89. The summed E-state index contributed by atoms with van der Waals surface area (Å²) in [5, 5.41) is 3.67. The summed E-state index contributed by atoms with van der Waals surface area (Å²) in [5.41, 5.74) is 0.329. The van der Waals surface area contributed by atoms with Crippen molar-refractivity contribution in [3.05, 3.63) is 20.6 Å². The van der Waals surface area contributed by atoms with Gasteiger partial charge in [-0.2, -0.15) is 0 Å². The molecule has 1 aromatic heterocycles. The number of fused-ring (bicyclic) bond motifs is 1. The van der Waals surface area contributed by atoms with Crippen molar-refractivity contribution >= 4 is 53.6 Å². The standard InChI is InChI=1S/C6Br2F2N2S/c7-1-3(9)4(10)2(8)6-5(1)11-12-13-6. The predicted molar refractivity (Wildman–Crippen MR) is 52.7 cm³/mol. The molecule has 0 unspecified atom stereocenters. The van der Waals surface area contributed by atoms with Gasteiger partial charge in [-0.05, 0) is 43.4 Å². The quantitative estimate of drug-likeness (QED) is 0.546. The van der Waals surface area contributed by atoms with Crippen LogP contribution in [0.15, 0.2) is 8.95 Å². The van der Waals surface area contributed by atoms with E-state index in [4.69, 9.17) is 0 Å². The average Bonchev–Trinajstić information content (AvgIpc) is 2.59. The number of hydrogen-bond donors (Lipinski definition) is 0. The SMILES string of the molecule is Fc1c(F)c(Br)c2snnc2c1Br. The summed E-state index contributed by atoms with van der Waals surface area (Å²) in [6.07, 6.45) is 0. The van der Waals surface area contributed by atoms with Crippen molar-refractivity contribution in [1.29, 1.82) is 0 Å². The number of rotatable bonds is 0. The zero-order valence-electron chi connectivity index (χ0n) is 5.81. The van der Waals surface area contributed by atoms with Crippen molar-refractivity contribution in [2.75, 3.05) is 0 Å². The summed E-state index contributed by atoms with van der Waals surface area (Å²) < 4.78 is 30.4. The Hall–Kier alpha value is -0.140. The summed E-state index contributed by atoms with van der Waals surface area (Å²) in [6.45, 7) is 0. The Labute approximate surface area is 92.4 Å². The lowest BCUT2D eigenvalue weighted by Gasteiger charge is -1.99. The molecule has 0 bridgehead atoms. The fraction of sp³-hybridized carbons (Fsp3) is 0. The molecule has 0 atom stereocenters. The van der Waals surface area contributed by atoms with Crippen LogP contribution in [0, 0.1) is 11.6 Å². The highest BCUT2D eigenvalue weighted by Crippen LogP contribution is 2.35. The van der Waals surface area contributed by atoms with E-state index in [-0.39, 0.29) is 8.95 Å². The molecule has 0 saturated heterocycles. The Morgan fingerprint density at radius 1 is 1.08 bits per heavy atom. The molecule has 1 aromatic carbocycles. The van der Waals surface area contributed by atoms with Gasteiger partial charge in [0.1, 0.15) is 5.52 Å². The highest BCUT2D eigenvalue weighted by atomic mass is 79.9. The van der Waals surface area contributed by atoms with Crippen molar-refractivity contribution in [3.63, 3.8) is 0 Å². The van der Waals surface area contributed by atoms with E-state index in [2.05, 4.69) is 41.4 Å². The molecule has 1 heterocycles. The molecule has 2 nitrogen and oxygen atoms in total. The van der Waals surface area contributed by atoms with E-state index < -0.39 is 11.6 Å². The maximum atomic E-state index is 13.1. The molecule has 0 aliphatic rings. The predicted octanol–water partition coefficient (Wildman–Crippen LogP) is 3.49. The monoisotopic (exact) mass is 328 g/mol. The van der Waals surface area contributed by atoms with Crippen LogP contribution >= 0.6 is 43.4 Å². The molecule has 0 N–H and O–H groups in total. The van der Waals surface area contributed by atoms with Gasteiger partial charge in [0.15, 0.2) is 11.6 Å². The molecule has 0 amide bonds. The fourth-order valence-electron chi connectivity index (χ4n) is 0.875. The van der Waals surface area contributed by atoms with Crippen LogP contribution in [-0.2, 0) is 0 Å². The van der Waals surface area contributed by atoms with E-state index in [1.54, 1.807) is 0 Å². The van der Waals surface area contributed by atoms with Gasteiger partial charge >= 0.3 is 0 Å². The van der Waals surface area contributed by atoms with Crippen molar-refractivity contribution in [1.82, 2.24) is 9.59 Å². The summed E-state index contributed by atoms with van der Waals surface area (Å²) in [5.74, 6) is -1.88. The molecule has 0 radical (unpaired) electrons. The Balaban J connectivity index is 3.02. The van der Waals surface area contributed by atoms with Gasteiger partial charge in [-0.1, -0.05) is 4.49 Å². The van der Waals surface area contributed by atoms with E-state index in [1.165, 1.54) is 0 Å². The number of aromatic nitrogens is 2. The molecule has 2 aromatic rings. The van der Waals surface area contributed by atoms with Crippen LogP contribution in [-0.4, -0.2) is 9.59 Å². The summed E-state index contributed by atoms with van der Waals surface area (Å²) in [6, 6.07) is 0. The molecular formula is C6Br2F2N2S. The third-order valence-electron chi connectivity index (χ3n) is 1.47. The smallest absolute Gasteiger partial charge is 0.176 e. The number of hydrogen-bond acceptors (Lipinski definition) is 3. The minimum absolute atomic E-state index is 0.0111. The van der Waals surface area contributed by atoms with Gasteiger partial charge in [-0.3, -0.25) is 0 Å². The van der Waals surface area contributed by atoms with Gasteiger partial charge in [0.2, 0.25) is 0 Å². The van der Waals surface area contributed by atoms with Crippen LogP contribution in [0.1, 0.15) is 0 Å². The zero-order valence-corrected chi connectivity index (χ0v) is 9.80. The number of halogens is 4. The van der Waals surface area contributed by atoms with Crippen LogP contribution in [0.4, 0.5) is 8.78 Å². The molecule has 2 rings (SSSR count). The largest absolute Gasteiger partial charge is 0.202 e. The molecule has 0 spiro atoms. The first kappa shape index (κ1) is 9.42. The van der Waals surface area contributed by atoms with Crippen molar-refractivity contribution in [3.8, 4) is 0 Å². The third-order valence-corrected chi connectivity index (χ3v) is 3.95. The van der Waals surface area contributed by atoms with Crippen molar-refractivity contribution < 1.29 is 8.78 Å². The Morgan fingerprint density at radius 2 is 1.69 bits per heavy atom. The molecule has 0 aliphatic heterocycles. The summed E-state index contributed by atoms with van der Waals surface area (Å²) >= 11 is 6.86. The first-order chi connectivity index (χ1) is 6.13. The van der Waals surface area contributed by atoms with Gasteiger partial charge in [-0.15, -0.1) is 5.10 Å². The summed E-state index contributed by atoms with van der Waals surface area (Å²) in [4.78, 5) is 0. The number of nitrogens with zero attached hydrogens (tertiary/aromatic N) is 2. The van der Waals surface area contributed by atoms with Gasteiger partial charge < -0.3 is 0 Å².